The van der Waals surface area contributed by atoms with Gasteiger partial charge in [0.25, 0.3) is 0 Å². The molecule has 0 aromatic carbocycles. The summed E-state index contributed by atoms with van der Waals surface area (Å²) >= 11 is 5.05. The van der Waals surface area contributed by atoms with Crippen LogP contribution in [0.2, 0.25) is 0 Å². The minimum absolute atomic E-state index is 0. The molecule has 0 radical (unpaired) electrons. The topological polar surface area (TPSA) is 30.9 Å². The molecule has 1 aliphatic heterocycles. The monoisotopic (exact) mass is 540 g/mol. The van der Waals surface area contributed by atoms with Crippen molar-refractivity contribution in [3.63, 3.8) is 0 Å². The van der Waals surface area contributed by atoms with Crippen LogP contribution in [0.3, 0.4) is 0 Å². The van der Waals surface area contributed by atoms with Gasteiger partial charge in [0, 0.05) is 48.0 Å². The lowest BCUT2D eigenvalue weighted by Crippen LogP contribution is -2.56. The molecule has 1 atom stereocenters. The lowest BCUT2D eigenvalue weighted by atomic mass is 10.2. The first kappa shape index (κ1) is 22.0. The smallest absolute Gasteiger partial charge is 0.351 e. The van der Waals surface area contributed by atoms with Gasteiger partial charge in [-0.05, 0) is 28.9 Å². The van der Waals surface area contributed by atoms with Gasteiger partial charge in [-0.25, -0.2) is 0 Å². The summed E-state index contributed by atoms with van der Waals surface area (Å²) < 4.78 is 39.4. The quantitative estimate of drug-likeness (QED) is 0.360. The van der Waals surface area contributed by atoms with E-state index in [0.29, 0.717) is 32.7 Å². The van der Waals surface area contributed by atoms with Crippen molar-refractivity contribution in [3.05, 3.63) is 20.8 Å². The van der Waals surface area contributed by atoms with Crippen LogP contribution in [-0.2, 0) is 6.54 Å². The fourth-order valence-corrected chi connectivity index (χ4v) is 3.86. The number of nitrogens with one attached hydrogen (secondary N) is 1. The Morgan fingerprint density at radius 3 is 2.46 bits per heavy atom. The fraction of sp³-hybridized carbons (Fsp3) is 0.643. The third-order valence-electron chi connectivity index (χ3n) is 3.89. The zero-order valence-electron chi connectivity index (χ0n) is 13.4. The van der Waals surface area contributed by atoms with Crippen molar-refractivity contribution < 1.29 is 13.2 Å². The van der Waals surface area contributed by atoms with E-state index >= 15 is 0 Å². The van der Waals surface area contributed by atoms with Crippen molar-refractivity contribution in [2.75, 3.05) is 33.2 Å². The van der Waals surface area contributed by atoms with Gasteiger partial charge >= 0.3 is 6.18 Å². The number of aliphatic imine (C=N–C) groups is 1. The van der Waals surface area contributed by atoms with Crippen molar-refractivity contribution in [1.29, 1.82) is 0 Å². The zero-order chi connectivity index (χ0) is 17.0. The van der Waals surface area contributed by atoms with Crippen LogP contribution in [0, 0.1) is 0 Å². The number of nitrogens with zero attached hydrogens (tertiary/aromatic N) is 3. The molecule has 4 nitrogen and oxygen atoms in total. The lowest BCUT2D eigenvalue weighted by Gasteiger charge is -2.39. The molecule has 1 saturated heterocycles. The highest BCUT2D eigenvalue weighted by atomic mass is 127. The van der Waals surface area contributed by atoms with Gasteiger partial charge in [-0.1, -0.05) is 0 Å². The number of rotatable bonds is 3. The van der Waals surface area contributed by atoms with Crippen LogP contribution in [0.5, 0.6) is 0 Å². The Kier molecular flexibility index (Phi) is 8.77. The molecule has 2 rings (SSSR count). The van der Waals surface area contributed by atoms with Crippen molar-refractivity contribution in [2.24, 2.45) is 4.99 Å². The number of thiophene rings is 1. The molecule has 138 valence electrons. The van der Waals surface area contributed by atoms with Crippen molar-refractivity contribution in [3.8, 4) is 0 Å². The summed E-state index contributed by atoms with van der Waals surface area (Å²) in [7, 11) is 1.69. The van der Waals surface area contributed by atoms with Crippen LogP contribution in [0.4, 0.5) is 13.2 Å². The third-order valence-corrected chi connectivity index (χ3v) is 5.59. The van der Waals surface area contributed by atoms with Crippen molar-refractivity contribution >= 4 is 57.2 Å². The second-order valence-corrected chi connectivity index (χ2v) is 7.28. The fourth-order valence-electron chi connectivity index (χ4n) is 2.47. The standard InChI is InChI=1S/C14H20BrF3N4S.HI/c1-10(14(16,17)18)21-3-5-22(6-4-21)13(19-2)20-8-12-7-11(15)9-23-12;/h7,9-10H,3-6,8H2,1-2H3,(H,19,20);1H. The molecule has 1 unspecified atom stereocenters. The highest BCUT2D eigenvalue weighted by Crippen LogP contribution is 2.25. The summed E-state index contributed by atoms with van der Waals surface area (Å²) in [5, 5.41) is 5.28. The van der Waals surface area contributed by atoms with E-state index < -0.39 is 12.2 Å². The molecule has 1 fully saturated rings. The van der Waals surface area contributed by atoms with Gasteiger partial charge in [-0.2, -0.15) is 13.2 Å². The van der Waals surface area contributed by atoms with Gasteiger partial charge in [0.15, 0.2) is 5.96 Å². The minimum Gasteiger partial charge on any atom is -0.351 e. The number of hydrogen-bond donors (Lipinski definition) is 1. The van der Waals surface area contributed by atoms with E-state index in [1.54, 1.807) is 18.4 Å². The average Bonchev–Trinajstić information content (AvgIpc) is 2.92. The van der Waals surface area contributed by atoms with Gasteiger partial charge in [-0.3, -0.25) is 9.89 Å². The van der Waals surface area contributed by atoms with Crippen LogP contribution in [-0.4, -0.2) is 61.2 Å². The molecule has 1 aliphatic rings. The normalized spacial score (nSPS) is 18.2. The van der Waals surface area contributed by atoms with Gasteiger partial charge in [-0.15, -0.1) is 35.3 Å². The SMILES string of the molecule is CN=C(NCc1cc(Br)cs1)N1CCN(C(C)C(F)(F)F)CC1.I. The molecule has 24 heavy (non-hydrogen) atoms. The zero-order valence-corrected chi connectivity index (χ0v) is 18.2. The molecule has 0 spiro atoms. The lowest BCUT2D eigenvalue weighted by molar-refractivity contribution is -0.181. The Bertz CT molecular complexity index is 544. The Morgan fingerprint density at radius 1 is 1.38 bits per heavy atom. The molecule has 2 heterocycles. The van der Waals surface area contributed by atoms with Crippen molar-refractivity contribution in [1.82, 2.24) is 15.1 Å². The first-order valence-corrected chi connectivity index (χ1v) is 8.98. The Balaban J connectivity index is 0.00000288. The summed E-state index contributed by atoms with van der Waals surface area (Å²) in [6.45, 7) is 3.71. The van der Waals surface area contributed by atoms with Crippen LogP contribution < -0.4 is 5.32 Å². The summed E-state index contributed by atoms with van der Waals surface area (Å²) in [6.07, 6.45) is -4.17. The molecule has 1 aromatic rings. The maximum absolute atomic E-state index is 12.8. The minimum atomic E-state index is -4.17. The Hall–Kier alpha value is -0.0700. The summed E-state index contributed by atoms with van der Waals surface area (Å²) in [5.74, 6) is 0.730. The molecule has 1 N–H and O–H groups in total. The van der Waals surface area contributed by atoms with E-state index in [4.69, 9.17) is 0 Å². The number of hydrogen-bond acceptors (Lipinski definition) is 3. The van der Waals surface area contributed by atoms with Gasteiger partial charge in [0.1, 0.15) is 6.04 Å². The first-order valence-electron chi connectivity index (χ1n) is 7.30. The van der Waals surface area contributed by atoms with Crippen molar-refractivity contribution in [2.45, 2.75) is 25.7 Å². The van der Waals surface area contributed by atoms with Crippen LogP contribution in [0.15, 0.2) is 20.9 Å². The van der Waals surface area contributed by atoms with Gasteiger partial charge < -0.3 is 10.2 Å². The number of piperazine rings is 1. The van der Waals surface area contributed by atoms with E-state index in [-0.39, 0.29) is 24.0 Å². The van der Waals surface area contributed by atoms with Gasteiger partial charge in [0.2, 0.25) is 0 Å². The molecule has 1 aromatic heterocycles. The Labute approximate surface area is 169 Å². The Morgan fingerprint density at radius 2 is 2.00 bits per heavy atom. The molecular weight excluding hydrogens is 520 g/mol. The van der Waals surface area contributed by atoms with Gasteiger partial charge in [0.05, 0.1) is 6.54 Å². The average molecular weight is 541 g/mol. The molecule has 0 aliphatic carbocycles. The summed E-state index contributed by atoms with van der Waals surface area (Å²) in [5.41, 5.74) is 0. The van der Waals surface area contributed by atoms with E-state index in [9.17, 15) is 13.2 Å². The number of alkyl halides is 3. The molecule has 0 saturated carbocycles. The second-order valence-electron chi connectivity index (χ2n) is 5.37. The second kappa shape index (κ2) is 9.58. The number of halogens is 5. The summed E-state index contributed by atoms with van der Waals surface area (Å²) in [4.78, 5) is 8.88. The van der Waals surface area contributed by atoms with Crippen LogP contribution in [0.25, 0.3) is 0 Å². The predicted molar refractivity (Wildman–Crippen MR) is 106 cm³/mol. The van der Waals surface area contributed by atoms with E-state index in [1.807, 2.05) is 16.3 Å². The van der Waals surface area contributed by atoms with E-state index in [0.717, 1.165) is 10.4 Å². The molecule has 10 heteroatoms. The maximum atomic E-state index is 12.8. The summed E-state index contributed by atoms with van der Waals surface area (Å²) in [6, 6.07) is 0.636. The third kappa shape index (κ3) is 6.03. The van der Waals surface area contributed by atoms with E-state index in [2.05, 4.69) is 26.2 Å². The highest BCUT2D eigenvalue weighted by molar-refractivity contribution is 14.0. The largest absolute Gasteiger partial charge is 0.403 e. The highest BCUT2D eigenvalue weighted by Gasteiger charge is 2.41. The molecular formula is C14H21BrF3IN4S. The maximum Gasteiger partial charge on any atom is 0.403 e. The first-order chi connectivity index (χ1) is 10.8. The number of guanidine groups is 1. The van der Waals surface area contributed by atoms with Crippen LogP contribution in [0.1, 0.15) is 11.8 Å². The molecule has 0 amide bonds. The molecule has 0 bridgehead atoms. The van der Waals surface area contributed by atoms with E-state index in [1.165, 1.54) is 16.7 Å². The predicted octanol–water partition coefficient (Wildman–Crippen LogP) is 3.77. The van der Waals surface area contributed by atoms with Crippen LogP contribution >= 0.6 is 51.2 Å².